The molecule has 0 unspecified atom stereocenters. The van der Waals surface area contributed by atoms with Crippen LogP contribution < -0.4 is 10.2 Å². The number of benzene rings is 2. The summed E-state index contributed by atoms with van der Waals surface area (Å²) in [5.74, 6) is 0. The van der Waals surface area contributed by atoms with E-state index in [0.717, 1.165) is 45.1 Å². The smallest absolute Gasteiger partial charge is 0.137 e. The average Bonchev–Trinajstić information content (AvgIpc) is 3.21. The Bertz CT molecular complexity index is 810. The maximum Gasteiger partial charge on any atom is 0.137 e. The molecule has 6 nitrogen and oxygen atoms in total. The van der Waals surface area contributed by atoms with Crippen LogP contribution in [0.25, 0.3) is 0 Å². The first-order valence-electron chi connectivity index (χ1n) is 8.94. The Morgan fingerprint density at radius 3 is 2.58 bits per heavy atom. The second kappa shape index (κ2) is 8.01. The van der Waals surface area contributed by atoms with E-state index in [0.29, 0.717) is 0 Å². The number of ether oxygens (including phenoxy) is 1. The van der Waals surface area contributed by atoms with Gasteiger partial charge in [-0.3, -0.25) is 0 Å². The van der Waals surface area contributed by atoms with Gasteiger partial charge in [-0.25, -0.2) is 9.67 Å². The molecule has 0 saturated carbocycles. The monoisotopic (exact) mass is 349 g/mol. The molecule has 0 aliphatic carbocycles. The summed E-state index contributed by atoms with van der Waals surface area (Å²) in [6, 6.07) is 17.1. The van der Waals surface area contributed by atoms with Crippen molar-refractivity contribution in [1.29, 1.82) is 0 Å². The molecule has 1 saturated heterocycles. The first-order chi connectivity index (χ1) is 12.9. The average molecular weight is 349 g/mol. The SMILES string of the molecule is c1ccc(N2CCOCC2)c(CNc2ccc(Cn3cncn3)cc2)c1. The predicted molar refractivity (Wildman–Crippen MR) is 102 cm³/mol. The first kappa shape index (κ1) is 16.6. The van der Waals surface area contributed by atoms with Crippen molar-refractivity contribution in [2.24, 2.45) is 0 Å². The maximum atomic E-state index is 5.47. The number of hydrogen-bond acceptors (Lipinski definition) is 5. The molecule has 1 fully saturated rings. The fraction of sp³-hybridized carbons (Fsp3) is 0.300. The van der Waals surface area contributed by atoms with Gasteiger partial charge in [0.25, 0.3) is 0 Å². The van der Waals surface area contributed by atoms with E-state index in [4.69, 9.17) is 4.74 Å². The van der Waals surface area contributed by atoms with Gasteiger partial charge in [0.2, 0.25) is 0 Å². The molecule has 0 bridgehead atoms. The molecule has 1 aliphatic heterocycles. The topological polar surface area (TPSA) is 55.2 Å². The van der Waals surface area contributed by atoms with E-state index in [-0.39, 0.29) is 0 Å². The van der Waals surface area contributed by atoms with Crippen molar-refractivity contribution in [3.05, 3.63) is 72.3 Å². The second-order valence-corrected chi connectivity index (χ2v) is 6.37. The third-order valence-electron chi connectivity index (χ3n) is 4.59. The molecule has 6 heteroatoms. The van der Waals surface area contributed by atoms with E-state index in [1.165, 1.54) is 16.8 Å². The number of hydrogen-bond donors (Lipinski definition) is 1. The zero-order chi connectivity index (χ0) is 17.6. The molecule has 2 aromatic carbocycles. The largest absolute Gasteiger partial charge is 0.381 e. The van der Waals surface area contributed by atoms with Gasteiger partial charge in [-0.15, -0.1) is 0 Å². The fourth-order valence-electron chi connectivity index (χ4n) is 3.20. The van der Waals surface area contributed by atoms with Crippen LogP contribution in [0.2, 0.25) is 0 Å². The fourth-order valence-corrected chi connectivity index (χ4v) is 3.20. The van der Waals surface area contributed by atoms with Gasteiger partial charge in [0.15, 0.2) is 0 Å². The van der Waals surface area contributed by atoms with Crippen molar-refractivity contribution < 1.29 is 4.74 Å². The molecule has 134 valence electrons. The van der Waals surface area contributed by atoms with Gasteiger partial charge < -0.3 is 15.0 Å². The first-order valence-corrected chi connectivity index (χ1v) is 8.94. The summed E-state index contributed by atoms with van der Waals surface area (Å²) in [5.41, 5.74) is 4.92. The molecule has 26 heavy (non-hydrogen) atoms. The Kier molecular flexibility index (Phi) is 5.12. The summed E-state index contributed by atoms with van der Waals surface area (Å²) in [6.45, 7) is 5.04. The van der Waals surface area contributed by atoms with E-state index in [1.807, 2.05) is 4.68 Å². The zero-order valence-corrected chi connectivity index (χ0v) is 14.7. The standard InChI is InChI=1S/C20H23N5O/c1-2-4-20(24-9-11-26-12-10-24)18(3-1)13-22-19-7-5-17(6-8-19)14-25-16-21-15-23-25/h1-8,15-16,22H,9-14H2. The molecule has 4 rings (SSSR count). The van der Waals surface area contributed by atoms with Crippen molar-refractivity contribution in [2.75, 3.05) is 36.5 Å². The Hall–Kier alpha value is -2.86. The van der Waals surface area contributed by atoms with Crippen LogP contribution in [0.4, 0.5) is 11.4 Å². The molecular formula is C20H23N5O. The van der Waals surface area contributed by atoms with Crippen LogP contribution in [-0.2, 0) is 17.8 Å². The molecule has 1 N–H and O–H groups in total. The predicted octanol–water partition coefficient (Wildman–Crippen LogP) is 2.78. The molecule has 1 aromatic heterocycles. The van der Waals surface area contributed by atoms with E-state index >= 15 is 0 Å². The summed E-state index contributed by atoms with van der Waals surface area (Å²) in [4.78, 5) is 6.38. The Morgan fingerprint density at radius 1 is 1.00 bits per heavy atom. The van der Waals surface area contributed by atoms with Crippen molar-refractivity contribution in [3.8, 4) is 0 Å². The van der Waals surface area contributed by atoms with Crippen LogP contribution in [0.15, 0.2) is 61.2 Å². The summed E-state index contributed by atoms with van der Waals surface area (Å²) in [6.07, 6.45) is 3.29. The number of anilines is 2. The number of para-hydroxylation sites is 1. The normalized spacial score (nSPS) is 14.4. The highest BCUT2D eigenvalue weighted by atomic mass is 16.5. The number of aromatic nitrogens is 3. The van der Waals surface area contributed by atoms with Crippen LogP contribution in [-0.4, -0.2) is 41.1 Å². The molecule has 0 radical (unpaired) electrons. The van der Waals surface area contributed by atoms with Crippen LogP contribution in [0.5, 0.6) is 0 Å². The number of nitrogens with zero attached hydrogens (tertiary/aromatic N) is 4. The molecule has 0 amide bonds. The molecule has 3 aromatic rings. The Morgan fingerprint density at radius 2 is 1.81 bits per heavy atom. The van der Waals surface area contributed by atoms with Crippen LogP contribution in [0, 0.1) is 0 Å². The minimum atomic E-state index is 0.736. The van der Waals surface area contributed by atoms with E-state index in [2.05, 4.69) is 68.8 Å². The highest BCUT2D eigenvalue weighted by Gasteiger charge is 2.14. The van der Waals surface area contributed by atoms with Crippen molar-refractivity contribution >= 4 is 11.4 Å². The highest BCUT2D eigenvalue weighted by molar-refractivity contribution is 5.56. The van der Waals surface area contributed by atoms with Crippen molar-refractivity contribution in [3.63, 3.8) is 0 Å². The third kappa shape index (κ3) is 4.03. The van der Waals surface area contributed by atoms with E-state index in [1.54, 1.807) is 12.7 Å². The molecular weight excluding hydrogens is 326 g/mol. The van der Waals surface area contributed by atoms with E-state index in [9.17, 15) is 0 Å². The summed E-state index contributed by atoms with van der Waals surface area (Å²) >= 11 is 0. The number of rotatable bonds is 6. The summed E-state index contributed by atoms with van der Waals surface area (Å²) < 4.78 is 7.29. The van der Waals surface area contributed by atoms with Crippen LogP contribution >= 0.6 is 0 Å². The van der Waals surface area contributed by atoms with E-state index < -0.39 is 0 Å². The highest BCUT2D eigenvalue weighted by Crippen LogP contribution is 2.22. The maximum absolute atomic E-state index is 5.47. The van der Waals surface area contributed by atoms with Gasteiger partial charge in [-0.05, 0) is 29.3 Å². The summed E-state index contributed by atoms with van der Waals surface area (Å²) in [7, 11) is 0. The Labute approximate surface area is 153 Å². The van der Waals surface area contributed by atoms with Gasteiger partial charge in [0.05, 0.1) is 19.8 Å². The quantitative estimate of drug-likeness (QED) is 0.742. The van der Waals surface area contributed by atoms with Crippen LogP contribution in [0.1, 0.15) is 11.1 Å². The van der Waals surface area contributed by atoms with Crippen molar-refractivity contribution in [1.82, 2.24) is 14.8 Å². The minimum absolute atomic E-state index is 0.736. The number of nitrogens with one attached hydrogen (secondary N) is 1. The minimum Gasteiger partial charge on any atom is -0.381 e. The third-order valence-corrected chi connectivity index (χ3v) is 4.59. The number of morpholine rings is 1. The van der Waals surface area contributed by atoms with Crippen molar-refractivity contribution in [2.45, 2.75) is 13.1 Å². The Balaban J connectivity index is 1.39. The molecule has 1 aliphatic rings. The molecule has 2 heterocycles. The summed E-state index contributed by atoms with van der Waals surface area (Å²) in [5, 5.41) is 7.67. The van der Waals surface area contributed by atoms with Gasteiger partial charge in [-0.2, -0.15) is 5.10 Å². The lowest BCUT2D eigenvalue weighted by Gasteiger charge is -2.30. The lowest BCUT2D eigenvalue weighted by Crippen LogP contribution is -2.36. The van der Waals surface area contributed by atoms with Gasteiger partial charge in [0, 0.05) is 31.0 Å². The second-order valence-electron chi connectivity index (χ2n) is 6.37. The van der Waals surface area contributed by atoms with Gasteiger partial charge in [-0.1, -0.05) is 30.3 Å². The molecule has 0 spiro atoms. The van der Waals surface area contributed by atoms with Gasteiger partial charge in [0.1, 0.15) is 12.7 Å². The zero-order valence-electron chi connectivity index (χ0n) is 14.7. The lowest BCUT2D eigenvalue weighted by molar-refractivity contribution is 0.122. The molecule has 0 atom stereocenters. The lowest BCUT2D eigenvalue weighted by atomic mass is 10.1. The van der Waals surface area contributed by atoms with Crippen LogP contribution in [0.3, 0.4) is 0 Å². The van der Waals surface area contributed by atoms with Gasteiger partial charge >= 0.3 is 0 Å².